The lowest BCUT2D eigenvalue weighted by atomic mass is 9.93. The van der Waals surface area contributed by atoms with Crippen molar-refractivity contribution in [2.75, 3.05) is 13.2 Å². The zero-order chi connectivity index (χ0) is 24.8. The fourth-order valence-electron chi connectivity index (χ4n) is 5.24. The summed E-state index contributed by atoms with van der Waals surface area (Å²) >= 11 is 0. The molecule has 1 aliphatic carbocycles. The molecule has 1 aliphatic heterocycles. The number of para-hydroxylation sites is 1. The molecule has 190 valence electrons. The Morgan fingerprint density at radius 1 is 1.14 bits per heavy atom. The number of unbranched alkanes of at least 4 members (excludes halogenated alkanes) is 1. The maximum absolute atomic E-state index is 13.7. The highest BCUT2D eigenvalue weighted by Gasteiger charge is 2.48. The van der Waals surface area contributed by atoms with E-state index in [1.165, 1.54) is 12.8 Å². The second kappa shape index (κ2) is 11.3. The lowest BCUT2D eigenvalue weighted by Crippen LogP contribution is -2.65. The van der Waals surface area contributed by atoms with Gasteiger partial charge in [-0.25, -0.2) is 0 Å². The highest BCUT2D eigenvalue weighted by molar-refractivity contribution is 6.00. The van der Waals surface area contributed by atoms with Gasteiger partial charge in [-0.2, -0.15) is 5.10 Å². The smallest absolute Gasteiger partial charge is 0.273 e. The van der Waals surface area contributed by atoms with Gasteiger partial charge in [0, 0.05) is 18.2 Å². The SMILES string of the molecule is CCCCOc1ccccc1-c1cc2n(n1)CC(C)(C(=O)NC1CCCCCC1)N(CCC)C2=O. The predicted octanol–water partition coefficient (Wildman–Crippen LogP) is 5.19. The van der Waals surface area contributed by atoms with Gasteiger partial charge in [0.2, 0.25) is 5.91 Å². The van der Waals surface area contributed by atoms with Crippen LogP contribution < -0.4 is 10.1 Å². The third kappa shape index (κ3) is 5.39. The van der Waals surface area contributed by atoms with E-state index < -0.39 is 5.54 Å². The van der Waals surface area contributed by atoms with Crippen molar-refractivity contribution in [3.63, 3.8) is 0 Å². The Hall–Kier alpha value is -2.83. The summed E-state index contributed by atoms with van der Waals surface area (Å²) in [5, 5.41) is 8.09. The second-order valence-corrected chi connectivity index (χ2v) is 10.2. The average molecular weight is 481 g/mol. The van der Waals surface area contributed by atoms with Crippen LogP contribution in [-0.2, 0) is 11.3 Å². The number of nitrogens with one attached hydrogen (secondary N) is 1. The van der Waals surface area contributed by atoms with Crippen LogP contribution in [0, 0.1) is 0 Å². The van der Waals surface area contributed by atoms with E-state index in [4.69, 9.17) is 9.84 Å². The van der Waals surface area contributed by atoms with E-state index >= 15 is 0 Å². The molecule has 4 rings (SSSR count). The molecule has 1 saturated carbocycles. The molecule has 0 bridgehead atoms. The highest BCUT2D eigenvalue weighted by Crippen LogP contribution is 2.34. The van der Waals surface area contributed by atoms with Crippen LogP contribution in [0.2, 0.25) is 0 Å². The van der Waals surface area contributed by atoms with E-state index in [-0.39, 0.29) is 17.9 Å². The van der Waals surface area contributed by atoms with Crippen LogP contribution in [0.25, 0.3) is 11.3 Å². The monoisotopic (exact) mass is 480 g/mol. The van der Waals surface area contributed by atoms with Crippen molar-refractivity contribution in [3.8, 4) is 17.0 Å². The van der Waals surface area contributed by atoms with Gasteiger partial charge in [-0.05, 0) is 50.8 Å². The number of fused-ring (bicyclic) bond motifs is 1. The number of rotatable bonds is 9. The predicted molar refractivity (Wildman–Crippen MR) is 137 cm³/mol. The first-order chi connectivity index (χ1) is 17.0. The first-order valence-corrected chi connectivity index (χ1v) is 13.4. The molecule has 2 aromatic rings. The van der Waals surface area contributed by atoms with Crippen LogP contribution in [0.15, 0.2) is 30.3 Å². The summed E-state index contributed by atoms with van der Waals surface area (Å²) in [6, 6.07) is 9.85. The summed E-state index contributed by atoms with van der Waals surface area (Å²) in [5.74, 6) is 0.556. The number of carbonyl (C=O) groups excluding carboxylic acids is 2. The quantitative estimate of drug-likeness (QED) is 0.396. The molecular formula is C28H40N4O3. The van der Waals surface area contributed by atoms with Crippen LogP contribution >= 0.6 is 0 Å². The van der Waals surface area contributed by atoms with Crippen LogP contribution in [0.1, 0.15) is 89.0 Å². The third-order valence-electron chi connectivity index (χ3n) is 7.34. The molecule has 1 unspecified atom stereocenters. The van der Waals surface area contributed by atoms with Crippen molar-refractivity contribution >= 4 is 11.8 Å². The third-order valence-corrected chi connectivity index (χ3v) is 7.34. The van der Waals surface area contributed by atoms with E-state index in [1.54, 1.807) is 9.58 Å². The number of hydrogen-bond donors (Lipinski definition) is 1. The fraction of sp³-hybridized carbons (Fsp3) is 0.607. The lowest BCUT2D eigenvalue weighted by molar-refractivity contribution is -0.134. The topological polar surface area (TPSA) is 76.5 Å². The van der Waals surface area contributed by atoms with Gasteiger partial charge in [-0.1, -0.05) is 58.1 Å². The van der Waals surface area contributed by atoms with Crippen molar-refractivity contribution in [3.05, 3.63) is 36.0 Å². The van der Waals surface area contributed by atoms with Gasteiger partial charge in [-0.15, -0.1) is 0 Å². The minimum Gasteiger partial charge on any atom is -0.493 e. The molecule has 2 heterocycles. The normalized spacial score (nSPS) is 20.9. The van der Waals surface area contributed by atoms with Crippen molar-refractivity contribution in [1.82, 2.24) is 20.0 Å². The summed E-state index contributed by atoms with van der Waals surface area (Å²) in [4.78, 5) is 29.1. The molecule has 1 atom stereocenters. The largest absolute Gasteiger partial charge is 0.493 e. The highest BCUT2D eigenvalue weighted by atomic mass is 16.5. The first-order valence-electron chi connectivity index (χ1n) is 13.4. The second-order valence-electron chi connectivity index (χ2n) is 10.2. The maximum atomic E-state index is 13.7. The Kier molecular flexibility index (Phi) is 8.14. The van der Waals surface area contributed by atoms with Crippen molar-refractivity contribution in [1.29, 1.82) is 0 Å². The minimum atomic E-state index is -0.979. The summed E-state index contributed by atoms with van der Waals surface area (Å²) in [6.07, 6.45) is 9.59. The number of carbonyl (C=O) groups is 2. The molecule has 1 aromatic carbocycles. The van der Waals surface area contributed by atoms with E-state index in [1.807, 2.05) is 44.2 Å². The number of nitrogens with zero attached hydrogens (tertiary/aromatic N) is 3. The number of aromatic nitrogens is 2. The van der Waals surface area contributed by atoms with Crippen LogP contribution in [0.4, 0.5) is 0 Å². The molecule has 1 N–H and O–H groups in total. The molecule has 35 heavy (non-hydrogen) atoms. The molecule has 1 aromatic heterocycles. The van der Waals surface area contributed by atoms with Gasteiger partial charge in [0.1, 0.15) is 17.0 Å². The molecule has 0 radical (unpaired) electrons. The van der Waals surface area contributed by atoms with Gasteiger partial charge in [-0.3, -0.25) is 14.3 Å². The molecule has 2 amide bonds. The Morgan fingerprint density at radius 3 is 2.60 bits per heavy atom. The van der Waals surface area contributed by atoms with Crippen LogP contribution in [0.3, 0.4) is 0 Å². The number of hydrogen-bond acceptors (Lipinski definition) is 4. The summed E-state index contributed by atoms with van der Waals surface area (Å²) in [7, 11) is 0. The number of amides is 2. The summed E-state index contributed by atoms with van der Waals surface area (Å²) < 4.78 is 7.74. The Bertz CT molecular complexity index is 1020. The van der Waals surface area contributed by atoms with E-state index in [2.05, 4.69) is 12.2 Å². The zero-order valence-electron chi connectivity index (χ0n) is 21.5. The van der Waals surface area contributed by atoms with E-state index in [0.717, 1.165) is 56.3 Å². The van der Waals surface area contributed by atoms with Gasteiger partial charge in [0.05, 0.1) is 18.8 Å². The summed E-state index contributed by atoms with van der Waals surface area (Å²) in [5.41, 5.74) is 1.11. The average Bonchev–Trinajstić information content (AvgIpc) is 3.10. The molecule has 0 spiro atoms. The van der Waals surface area contributed by atoms with Crippen molar-refractivity contribution < 1.29 is 14.3 Å². The zero-order valence-corrected chi connectivity index (χ0v) is 21.5. The lowest BCUT2D eigenvalue weighted by Gasteiger charge is -2.43. The Morgan fingerprint density at radius 2 is 1.89 bits per heavy atom. The van der Waals surface area contributed by atoms with Crippen molar-refractivity contribution in [2.24, 2.45) is 0 Å². The summed E-state index contributed by atoms with van der Waals surface area (Å²) in [6.45, 7) is 7.58. The molecular weight excluding hydrogens is 440 g/mol. The molecule has 0 saturated heterocycles. The van der Waals surface area contributed by atoms with Crippen molar-refractivity contribution in [2.45, 2.75) is 96.7 Å². The van der Waals surface area contributed by atoms with E-state index in [0.29, 0.717) is 31.1 Å². The molecule has 1 fully saturated rings. The maximum Gasteiger partial charge on any atom is 0.273 e. The molecule has 2 aliphatic rings. The van der Waals surface area contributed by atoms with Gasteiger partial charge in [0.25, 0.3) is 5.91 Å². The fourth-order valence-corrected chi connectivity index (χ4v) is 5.24. The van der Waals surface area contributed by atoms with Gasteiger partial charge >= 0.3 is 0 Å². The van der Waals surface area contributed by atoms with Crippen LogP contribution in [-0.4, -0.2) is 51.2 Å². The Labute approximate surface area is 209 Å². The first kappa shape index (κ1) is 25.3. The Balaban J connectivity index is 1.62. The molecule has 7 nitrogen and oxygen atoms in total. The number of ether oxygens (including phenoxy) is 1. The van der Waals surface area contributed by atoms with Gasteiger partial charge < -0.3 is 15.0 Å². The minimum absolute atomic E-state index is 0.0720. The standard InChI is InChI=1S/C28H40N4O3/c1-4-6-18-35-25-16-12-11-15-22(25)23-19-24-26(33)31(17-5-2)28(3,20-32(24)30-23)27(34)29-21-13-9-7-8-10-14-21/h11-12,15-16,19,21H,4-10,13-14,17-18,20H2,1-3H3,(H,29,34). The number of benzene rings is 1. The molecule has 7 heteroatoms. The van der Waals surface area contributed by atoms with Crippen LogP contribution in [0.5, 0.6) is 5.75 Å². The van der Waals surface area contributed by atoms with Gasteiger partial charge in [0.15, 0.2) is 0 Å². The van der Waals surface area contributed by atoms with E-state index in [9.17, 15) is 9.59 Å².